The molecule has 2 aromatic heterocycles. The summed E-state index contributed by atoms with van der Waals surface area (Å²) in [5.41, 5.74) is 0.593. The van der Waals surface area contributed by atoms with Gasteiger partial charge in [-0.15, -0.1) is 0 Å². The van der Waals surface area contributed by atoms with Crippen molar-refractivity contribution in [3.8, 4) is 5.69 Å². The summed E-state index contributed by atoms with van der Waals surface area (Å²) in [4.78, 5) is 23.3. The third-order valence-electron chi connectivity index (χ3n) is 3.84. The van der Waals surface area contributed by atoms with Crippen LogP contribution in [0.3, 0.4) is 0 Å². The molecule has 28 heavy (non-hydrogen) atoms. The van der Waals surface area contributed by atoms with Crippen LogP contribution in [0, 0.1) is 0 Å². The minimum Gasteiger partial charge on any atom is -0.293 e. The molecule has 0 unspecified atom stereocenters. The number of Topliss-reactive ketones (excluding diaryl/α,β-unsaturated/α-hetero) is 1. The largest absolute Gasteiger partial charge is 0.451 e. The molecule has 2 heterocycles. The fourth-order valence-electron chi connectivity index (χ4n) is 2.62. The van der Waals surface area contributed by atoms with Gasteiger partial charge >= 0.3 is 6.18 Å². The highest BCUT2D eigenvalue weighted by Gasteiger charge is 2.36. The number of sulfonamides is 1. The topological polar surface area (TPSA) is 121 Å². The second kappa shape index (κ2) is 6.95. The van der Waals surface area contributed by atoms with Gasteiger partial charge in [-0.1, -0.05) is 19.1 Å². The van der Waals surface area contributed by atoms with E-state index in [0.717, 1.165) is 0 Å². The summed E-state index contributed by atoms with van der Waals surface area (Å²) in [6.45, 7) is 1.65. The molecule has 3 rings (SSSR count). The lowest BCUT2D eigenvalue weighted by Gasteiger charge is -2.09. The summed E-state index contributed by atoms with van der Waals surface area (Å²) in [5.74, 6) is -2.92. The number of nitrogens with two attached hydrogens (primary N) is 1. The Kier molecular flexibility index (Phi) is 4.93. The second-order valence-electron chi connectivity index (χ2n) is 5.91. The highest BCUT2D eigenvalue weighted by molar-refractivity contribution is 7.89. The first-order valence-electron chi connectivity index (χ1n) is 7.95. The molecule has 1 aromatic carbocycles. The van der Waals surface area contributed by atoms with E-state index in [-0.39, 0.29) is 34.5 Å². The number of carbonyl (C=O) groups excluding carboxylic acids is 1. The first-order chi connectivity index (χ1) is 13.0. The number of imidazole rings is 1. The van der Waals surface area contributed by atoms with Crippen LogP contribution in [0.1, 0.15) is 28.8 Å². The number of fused-ring (bicyclic) bond motifs is 1. The predicted molar refractivity (Wildman–Crippen MR) is 93.3 cm³/mol. The van der Waals surface area contributed by atoms with Gasteiger partial charge < -0.3 is 0 Å². The lowest BCUT2D eigenvalue weighted by Crippen LogP contribution is -2.23. The van der Waals surface area contributed by atoms with Crippen molar-refractivity contribution in [2.45, 2.75) is 19.5 Å². The molecule has 0 aliphatic heterocycles. The Morgan fingerprint density at radius 2 is 1.96 bits per heavy atom. The van der Waals surface area contributed by atoms with Crippen molar-refractivity contribution in [1.29, 1.82) is 0 Å². The average molecular weight is 413 g/mol. The fourth-order valence-corrected chi connectivity index (χ4v) is 3.15. The molecule has 148 valence electrons. The molecule has 0 saturated heterocycles. The molecule has 12 heteroatoms. The number of carbonyl (C=O) groups is 1. The number of hydrogen-bond donors (Lipinski definition) is 1. The molecular formula is C16H14F3N5O3S. The average Bonchev–Trinajstić information content (AvgIpc) is 3.03. The van der Waals surface area contributed by atoms with Gasteiger partial charge in [-0.3, -0.25) is 9.36 Å². The Morgan fingerprint density at radius 1 is 1.25 bits per heavy atom. The molecule has 0 aliphatic rings. The Morgan fingerprint density at radius 3 is 2.57 bits per heavy atom. The molecule has 3 aromatic rings. The Labute approximate surface area is 157 Å². The summed E-state index contributed by atoms with van der Waals surface area (Å²) in [6.07, 6.45) is -3.26. The van der Waals surface area contributed by atoms with Crippen LogP contribution in [0.25, 0.3) is 16.9 Å². The smallest absolute Gasteiger partial charge is 0.293 e. The van der Waals surface area contributed by atoms with E-state index in [4.69, 9.17) is 5.14 Å². The molecule has 0 aliphatic carbocycles. The highest BCUT2D eigenvalue weighted by atomic mass is 32.2. The normalized spacial score (nSPS) is 12.5. The number of primary sulfonamides is 1. The number of halogens is 3. The molecule has 0 radical (unpaired) electrons. The van der Waals surface area contributed by atoms with Crippen molar-refractivity contribution < 1.29 is 26.4 Å². The molecule has 8 nitrogen and oxygen atoms in total. The van der Waals surface area contributed by atoms with Crippen molar-refractivity contribution in [1.82, 2.24) is 19.5 Å². The van der Waals surface area contributed by atoms with Crippen LogP contribution >= 0.6 is 0 Å². The van der Waals surface area contributed by atoms with Crippen molar-refractivity contribution in [3.05, 3.63) is 47.7 Å². The third-order valence-corrected chi connectivity index (χ3v) is 4.50. The van der Waals surface area contributed by atoms with E-state index < -0.39 is 33.6 Å². The summed E-state index contributed by atoms with van der Waals surface area (Å²) in [6, 6.07) is 5.69. The van der Waals surface area contributed by atoms with Gasteiger partial charge in [0, 0.05) is 11.3 Å². The van der Waals surface area contributed by atoms with E-state index in [1.807, 2.05) is 0 Å². The zero-order valence-electron chi connectivity index (χ0n) is 14.4. The van der Waals surface area contributed by atoms with Crippen LogP contribution in [0.15, 0.2) is 30.6 Å². The molecule has 0 fully saturated rings. The van der Waals surface area contributed by atoms with E-state index in [9.17, 15) is 26.4 Å². The quantitative estimate of drug-likeness (QED) is 0.638. The van der Waals surface area contributed by atoms with Crippen molar-refractivity contribution in [2.24, 2.45) is 5.14 Å². The first kappa shape index (κ1) is 19.9. The minimum atomic E-state index is -4.74. The van der Waals surface area contributed by atoms with Gasteiger partial charge in [-0.25, -0.2) is 28.5 Å². The van der Waals surface area contributed by atoms with Crippen LogP contribution in [0.5, 0.6) is 0 Å². The van der Waals surface area contributed by atoms with E-state index in [2.05, 4.69) is 15.0 Å². The molecule has 0 atom stereocenters. The SMILES string of the molecule is CCc1nc(C(F)(F)F)nc2c1ncn2-c1cccc(C(=O)CS(N)(=O)=O)c1. The second-order valence-corrected chi connectivity index (χ2v) is 7.53. The van der Waals surface area contributed by atoms with Crippen LogP contribution in [-0.2, 0) is 22.6 Å². The first-order valence-corrected chi connectivity index (χ1v) is 9.66. The number of ketones is 1. The van der Waals surface area contributed by atoms with Crippen LogP contribution in [0.4, 0.5) is 13.2 Å². The number of aromatic nitrogens is 4. The lowest BCUT2D eigenvalue weighted by molar-refractivity contribution is -0.144. The third kappa shape index (κ3) is 4.02. The molecular weight excluding hydrogens is 399 g/mol. The Balaban J connectivity index is 2.14. The van der Waals surface area contributed by atoms with Gasteiger partial charge in [0.15, 0.2) is 11.4 Å². The predicted octanol–water partition coefficient (Wildman–Crippen LogP) is 1.87. The fraction of sp³-hybridized carbons (Fsp3) is 0.250. The van der Waals surface area contributed by atoms with Crippen molar-refractivity contribution >= 4 is 27.0 Å². The Hall–Kier alpha value is -2.86. The standard InChI is InChI=1S/C16H14F3N5O3S/c1-2-11-13-14(23-15(22-11)16(17,18)19)24(8-21-13)10-5-3-4-9(6-10)12(25)7-28(20,26)27/h3-6,8H,2,7H2,1H3,(H2,20,26,27). The van der Waals surface area contributed by atoms with Crippen LogP contribution < -0.4 is 5.14 Å². The summed E-state index contributed by atoms with van der Waals surface area (Å²) >= 11 is 0. The van der Waals surface area contributed by atoms with Crippen molar-refractivity contribution in [2.75, 3.05) is 5.75 Å². The lowest BCUT2D eigenvalue weighted by atomic mass is 10.1. The number of benzene rings is 1. The van der Waals surface area contributed by atoms with E-state index >= 15 is 0 Å². The maximum absolute atomic E-state index is 13.1. The minimum absolute atomic E-state index is 0.0363. The van der Waals surface area contributed by atoms with Crippen LogP contribution in [-0.4, -0.2) is 39.5 Å². The number of aryl methyl sites for hydroxylation is 1. The molecule has 0 bridgehead atoms. The van der Waals surface area contributed by atoms with Gasteiger partial charge in [-0.05, 0) is 18.6 Å². The van der Waals surface area contributed by atoms with Gasteiger partial charge in [0.25, 0.3) is 0 Å². The number of nitrogens with zero attached hydrogens (tertiary/aromatic N) is 4. The highest BCUT2D eigenvalue weighted by Crippen LogP contribution is 2.29. The van der Waals surface area contributed by atoms with Gasteiger partial charge in [-0.2, -0.15) is 13.2 Å². The zero-order chi connectivity index (χ0) is 20.7. The Bertz CT molecular complexity index is 1170. The maximum atomic E-state index is 13.1. The summed E-state index contributed by atoms with van der Waals surface area (Å²) in [7, 11) is -4.02. The van der Waals surface area contributed by atoms with E-state index in [1.165, 1.54) is 35.2 Å². The van der Waals surface area contributed by atoms with Crippen molar-refractivity contribution in [3.63, 3.8) is 0 Å². The van der Waals surface area contributed by atoms with E-state index in [1.54, 1.807) is 6.92 Å². The van der Waals surface area contributed by atoms with Crippen LogP contribution in [0.2, 0.25) is 0 Å². The number of rotatable bonds is 5. The summed E-state index contributed by atoms with van der Waals surface area (Å²) in [5, 5.41) is 4.88. The zero-order valence-corrected chi connectivity index (χ0v) is 15.3. The number of alkyl halides is 3. The van der Waals surface area contributed by atoms with E-state index in [0.29, 0.717) is 0 Å². The monoisotopic (exact) mass is 413 g/mol. The molecule has 2 N–H and O–H groups in total. The molecule has 0 spiro atoms. The van der Waals surface area contributed by atoms with Gasteiger partial charge in [0.2, 0.25) is 15.8 Å². The number of hydrogen-bond acceptors (Lipinski definition) is 6. The van der Waals surface area contributed by atoms with Gasteiger partial charge in [0.1, 0.15) is 17.6 Å². The van der Waals surface area contributed by atoms with Gasteiger partial charge in [0.05, 0.1) is 5.69 Å². The summed E-state index contributed by atoms with van der Waals surface area (Å²) < 4.78 is 62.9. The molecule has 0 saturated carbocycles. The molecule has 0 amide bonds. The maximum Gasteiger partial charge on any atom is 0.451 e.